The predicted molar refractivity (Wildman–Crippen MR) is 56.4 cm³/mol. The van der Waals surface area contributed by atoms with Gasteiger partial charge in [-0.3, -0.25) is 0 Å². The lowest BCUT2D eigenvalue weighted by Gasteiger charge is -2.16. The molecule has 2 atom stereocenters. The van der Waals surface area contributed by atoms with Gasteiger partial charge in [0.05, 0.1) is 9.89 Å². The third-order valence-corrected chi connectivity index (χ3v) is 3.88. The van der Waals surface area contributed by atoms with Crippen LogP contribution < -0.4 is 0 Å². The lowest BCUT2D eigenvalue weighted by Crippen LogP contribution is -2.07. The number of hydrogen-bond donors (Lipinski definition) is 1. The van der Waals surface area contributed by atoms with E-state index in [1.54, 1.807) is 11.3 Å². The van der Waals surface area contributed by atoms with Crippen molar-refractivity contribution in [1.82, 2.24) is 0 Å². The van der Waals surface area contributed by atoms with Crippen molar-refractivity contribution >= 4 is 27.3 Å². The van der Waals surface area contributed by atoms with Crippen LogP contribution in [0.2, 0.25) is 0 Å². The topological polar surface area (TPSA) is 20.2 Å². The average Bonchev–Trinajstić information content (AvgIpc) is 2.48. The first-order chi connectivity index (χ1) is 5.66. The maximum Gasteiger partial charge on any atom is 0.0834 e. The molecule has 0 radical (unpaired) electrons. The smallest absolute Gasteiger partial charge is 0.0834 e. The van der Waals surface area contributed by atoms with Gasteiger partial charge in [0.1, 0.15) is 0 Å². The normalized spacial score (nSPS) is 16.0. The number of thiophene rings is 1. The highest BCUT2D eigenvalue weighted by molar-refractivity contribution is 9.11. The number of aliphatic hydroxyl groups is 1. The van der Waals surface area contributed by atoms with E-state index in [0.29, 0.717) is 5.92 Å². The van der Waals surface area contributed by atoms with Gasteiger partial charge in [0, 0.05) is 5.56 Å². The highest BCUT2D eigenvalue weighted by Crippen LogP contribution is 2.33. The van der Waals surface area contributed by atoms with Gasteiger partial charge in [-0.1, -0.05) is 20.3 Å². The summed E-state index contributed by atoms with van der Waals surface area (Å²) in [5.41, 5.74) is 1.02. The van der Waals surface area contributed by atoms with Crippen molar-refractivity contribution in [3.8, 4) is 0 Å². The number of rotatable bonds is 3. The molecule has 1 aromatic rings. The zero-order chi connectivity index (χ0) is 9.14. The molecule has 0 aliphatic heterocycles. The third kappa shape index (κ3) is 2.09. The maximum absolute atomic E-state index is 9.84. The van der Waals surface area contributed by atoms with Crippen molar-refractivity contribution in [2.24, 2.45) is 5.92 Å². The Bertz CT molecular complexity index is 246. The molecule has 68 valence electrons. The van der Waals surface area contributed by atoms with Gasteiger partial charge < -0.3 is 5.11 Å². The van der Waals surface area contributed by atoms with E-state index in [9.17, 15) is 5.11 Å². The molecule has 0 bridgehead atoms. The zero-order valence-corrected chi connectivity index (χ0v) is 9.65. The number of hydrogen-bond acceptors (Lipinski definition) is 2. The van der Waals surface area contributed by atoms with Crippen LogP contribution in [-0.2, 0) is 0 Å². The van der Waals surface area contributed by atoms with Crippen LogP contribution >= 0.6 is 27.3 Å². The Morgan fingerprint density at radius 3 is 2.75 bits per heavy atom. The molecule has 0 saturated carbocycles. The molecular formula is C9H13BrOS. The van der Waals surface area contributed by atoms with Crippen LogP contribution in [0.1, 0.15) is 31.9 Å². The molecule has 3 heteroatoms. The highest BCUT2D eigenvalue weighted by atomic mass is 79.9. The fraction of sp³-hybridized carbons (Fsp3) is 0.556. The quantitative estimate of drug-likeness (QED) is 0.867. The molecule has 0 aliphatic rings. The molecule has 0 aromatic carbocycles. The van der Waals surface area contributed by atoms with Gasteiger partial charge in [-0.05, 0) is 33.3 Å². The number of aliphatic hydroxyl groups excluding tert-OH is 1. The molecule has 0 amide bonds. The van der Waals surface area contributed by atoms with E-state index in [2.05, 4.69) is 29.8 Å². The minimum atomic E-state index is -0.323. The van der Waals surface area contributed by atoms with Crippen LogP contribution in [0.3, 0.4) is 0 Å². The molecule has 0 spiro atoms. The minimum absolute atomic E-state index is 0.323. The molecule has 0 saturated heterocycles. The Kier molecular flexibility index (Phi) is 3.75. The molecule has 1 rings (SSSR count). The van der Waals surface area contributed by atoms with Gasteiger partial charge >= 0.3 is 0 Å². The van der Waals surface area contributed by atoms with Crippen molar-refractivity contribution in [3.63, 3.8) is 0 Å². The average molecular weight is 249 g/mol. The first-order valence-corrected chi connectivity index (χ1v) is 5.75. The summed E-state index contributed by atoms with van der Waals surface area (Å²) in [6.07, 6.45) is 0.680. The Hall–Kier alpha value is 0.140. The second-order valence-electron chi connectivity index (χ2n) is 2.98. The first-order valence-electron chi connectivity index (χ1n) is 4.07. The van der Waals surface area contributed by atoms with E-state index >= 15 is 0 Å². The Labute approximate surface area is 85.6 Å². The standard InChI is InChI=1S/C9H13BrOS/c1-3-6(2)8(11)7-4-5-12-9(7)10/h4-6,8,11H,3H2,1-2H3. The van der Waals surface area contributed by atoms with Gasteiger partial charge in [0.25, 0.3) is 0 Å². The summed E-state index contributed by atoms with van der Waals surface area (Å²) in [5, 5.41) is 11.8. The molecule has 1 nitrogen and oxygen atoms in total. The largest absolute Gasteiger partial charge is 0.388 e. The van der Waals surface area contributed by atoms with Crippen LogP contribution in [0.25, 0.3) is 0 Å². The fourth-order valence-corrected chi connectivity index (χ4v) is 2.39. The lowest BCUT2D eigenvalue weighted by molar-refractivity contribution is 0.115. The van der Waals surface area contributed by atoms with Crippen molar-refractivity contribution in [3.05, 3.63) is 20.8 Å². The first kappa shape index (κ1) is 10.2. The second kappa shape index (κ2) is 4.40. The van der Waals surface area contributed by atoms with Gasteiger partial charge in [-0.15, -0.1) is 11.3 Å². The molecule has 2 unspecified atom stereocenters. The molecule has 12 heavy (non-hydrogen) atoms. The van der Waals surface area contributed by atoms with E-state index in [1.165, 1.54) is 0 Å². The molecular weight excluding hydrogens is 236 g/mol. The summed E-state index contributed by atoms with van der Waals surface area (Å²) < 4.78 is 1.05. The maximum atomic E-state index is 9.84. The summed E-state index contributed by atoms with van der Waals surface area (Å²) in [6, 6.07) is 1.98. The zero-order valence-electron chi connectivity index (χ0n) is 7.25. The van der Waals surface area contributed by atoms with Crippen molar-refractivity contribution in [2.75, 3.05) is 0 Å². The molecule has 1 N–H and O–H groups in total. The summed E-state index contributed by atoms with van der Waals surface area (Å²) >= 11 is 5.04. The Balaban J connectivity index is 2.77. The van der Waals surface area contributed by atoms with E-state index in [1.807, 2.05) is 11.4 Å². The van der Waals surface area contributed by atoms with Crippen LogP contribution in [0.15, 0.2) is 15.2 Å². The van der Waals surface area contributed by atoms with Crippen LogP contribution in [0.4, 0.5) is 0 Å². The van der Waals surface area contributed by atoms with E-state index in [4.69, 9.17) is 0 Å². The SMILES string of the molecule is CCC(C)C(O)c1ccsc1Br. The lowest BCUT2D eigenvalue weighted by atomic mass is 9.97. The molecule has 1 aromatic heterocycles. The van der Waals surface area contributed by atoms with Gasteiger partial charge in [0.15, 0.2) is 0 Å². The van der Waals surface area contributed by atoms with E-state index in [0.717, 1.165) is 15.8 Å². The Morgan fingerprint density at radius 1 is 1.67 bits per heavy atom. The summed E-state index contributed by atoms with van der Waals surface area (Å²) in [5.74, 6) is 0.330. The highest BCUT2D eigenvalue weighted by Gasteiger charge is 2.17. The summed E-state index contributed by atoms with van der Waals surface area (Å²) in [6.45, 7) is 4.16. The van der Waals surface area contributed by atoms with Crippen molar-refractivity contribution < 1.29 is 5.11 Å². The van der Waals surface area contributed by atoms with Crippen molar-refractivity contribution in [2.45, 2.75) is 26.4 Å². The molecule has 0 fully saturated rings. The summed E-state index contributed by atoms with van der Waals surface area (Å²) in [7, 11) is 0. The third-order valence-electron chi connectivity index (χ3n) is 2.15. The van der Waals surface area contributed by atoms with Gasteiger partial charge in [-0.25, -0.2) is 0 Å². The molecule has 1 heterocycles. The van der Waals surface area contributed by atoms with Crippen LogP contribution in [-0.4, -0.2) is 5.11 Å². The Morgan fingerprint density at radius 2 is 2.33 bits per heavy atom. The minimum Gasteiger partial charge on any atom is -0.388 e. The fourth-order valence-electron chi connectivity index (χ4n) is 1.05. The van der Waals surface area contributed by atoms with Crippen LogP contribution in [0, 0.1) is 5.92 Å². The van der Waals surface area contributed by atoms with E-state index in [-0.39, 0.29) is 6.10 Å². The predicted octanol–water partition coefficient (Wildman–Crippen LogP) is 3.59. The van der Waals surface area contributed by atoms with Gasteiger partial charge in [0.2, 0.25) is 0 Å². The summed E-state index contributed by atoms with van der Waals surface area (Å²) in [4.78, 5) is 0. The van der Waals surface area contributed by atoms with Gasteiger partial charge in [-0.2, -0.15) is 0 Å². The van der Waals surface area contributed by atoms with Crippen LogP contribution in [0.5, 0.6) is 0 Å². The van der Waals surface area contributed by atoms with Crippen molar-refractivity contribution in [1.29, 1.82) is 0 Å². The number of halogens is 1. The molecule has 0 aliphatic carbocycles. The second-order valence-corrected chi connectivity index (χ2v) is 5.21. The monoisotopic (exact) mass is 248 g/mol. The van der Waals surface area contributed by atoms with E-state index < -0.39 is 0 Å².